The van der Waals surface area contributed by atoms with E-state index in [1.165, 1.54) is 7.11 Å². The summed E-state index contributed by atoms with van der Waals surface area (Å²) < 4.78 is 15.1. The maximum Gasteiger partial charge on any atom is 0.408 e. The molecule has 3 rings (SSSR count). The molecule has 2 aromatic carbocycles. The van der Waals surface area contributed by atoms with E-state index in [0.717, 1.165) is 16.5 Å². The number of methoxy groups -OCH3 is 2. The van der Waals surface area contributed by atoms with Crippen molar-refractivity contribution in [1.29, 1.82) is 0 Å². The summed E-state index contributed by atoms with van der Waals surface area (Å²) in [6, 6.07) is 15.1. The van der Waals surface area contributed by atoms with Crippen molar-refractivity contribution in [2.45, 2.75) is 12.6 Å². The third kappa shape index (κ3) is 5.53. The Labute approximate surface area is 178 Å². The van der Waals surface area contributed by atoms with Crippen LogP contribution in [0, 0.1) is 0 Å². The number of aromatic amines is 1. The van der Waals surface area contributed by atoms with E-state index in [4.69, 9.17) is 14.2 Å². The Morgan fingerprint density at radius 3 is 2.52 bits per heavy atom. The van der Waals surface area contributed by atoms with Crippen molar-refractivity contribution in [3.05, 3.63) is 65.9 Å². The molecule has 9 heteroatoms. The lowest BCUT2D eigenvalue weighted by Gasteiger charge is -2.17. The van der Waals surface area contributed by atoms with Gasteiger partial charge >= 0.3 is 12.1 Å². The largest absolute Gasteiger partial charge is 0.496 e. The van der Waals surface area contributed by atoms with E-state index in [1.54, 1.807) is 37.4 Å². The molecular weight excluding hydrogens is 402 g/mol. The van der Waals surface area contributed by atoms with Crippen LogP contribution in [0.4, 0.5) is 4.79 Å². The number of amides is 2. The van der Waals surface area contributed by atoms with Gasteiger partial charge < -0.3 is 29.8 Å². The highest BCUT2D eigenvalue weighted by Crippen LogP contribution is 2.25. The number of rotatable bonds is 8. The van der Waals surface area contributed by atoms with Crippen LogP contribution in [0.5, 0.6) is 5.75 Å². The van der Waals surface area contributed by atoms with Crippen LogP contribution in [0.25, 0.3) is 10.9 Å². The number of carbonyl (C=O) groups excluding carboxylic acids is 3. The van der Waals surface area contributed by atoms with Crippen LogP contribution in [0.2, 0.25) is 0 Å². The Morgan fingerprint density at radius 2 is 1.81 bits per heavy atom. The average Bonchev–Trinajstić information content (AvgIpc) is 3.25. The van der Waals surface area contributed by atoms with Gasteiger partial charge in [-0.05, 0) is 23.8 Å². The highest BCUT2D eigenvalue weighted by Gasteiger charge is 2.24. The number of carbonyl (C=O) groups is 3. The number of aromatic nitrogens is 1. The normalized spacial score (nSPS) is 11.4. The first-order valence-corrected chi connectivity index (χ1v) is 9.50. The van der Waals surface area contributed by atoms with Crippen molar-refractivity contribution in [2.24, 2.45) is 0 Å². The minimum atomic E-state index is -1.11. The van der Waals surface area contributed by atoms with E-state index in [0.29, 0.717) is 5.75 Å². The van der Waals surface area contributed by atoms with Crippen LogP contribution in [-0.2, 0) is 20.9 Å². The minimum absolute atomic E-state index is 0.0455. The first-order valence-electron chi connectivity index (χ1n) is 9.50. The number of ether oxygens (including phenoxy) is 3. The number of nitrogens with one attached hydrogen (secondary N) is 3. The quantitative estimate of drug-likeness (QED) is 0.477. The standard InChI is InChI=1S/C22H23N3O6/c1-29-19-10-6-9-16-15(19)11-17(24-16)20(26)23-12-18(21(27)30-2)25-22(28)31-13-14-7-4-3-5-8-14/h3-11,18,24H,12-13H2,1-2H3,(H,23,26)(H,25,28). The second kappa shape index (κ2) is 10.1. The molecule has 1 unspecified atom stereocenters. The van der Waals surface area contributed by atoms with Crippen molar-refractivity contribution in [1.82, 2.24) is 15.6 Å². The zero-order chi connectivity index (χ0) is 22.2. The van der Waals surface area contributed by atoms with Crippen molar-refractivity contribution < 1.29 is 28.6 Å². The molecule has 0 radical (unpaired) electrons. The average molecular weight is 425 g/mol. The van der Waals surface area contributed by atoms with Gasteiger partial charge in [0.05, 0.1) is 14.2 Å². The molecule has 0 fully saturated rings. The predicted octanol–water partition coefficient (Wildman–Crippen LogP) is 2.37. The van der Waals surface area contributed by atoms with Crippen molar-refractivity contribution in [3.63, 3.8) is 0 Å². The second-order valence-corrected chi connectivity index (χ2v) is 6.60. The van der Waals surface area contributed by atoms with E-state index in [-0.39, 0.29) is 18.8 Å². The van der Waals surface area contributed by atoms with E-state index in [1.807, 2.05) is 24.3 Å². The molecule has 0 bridgehead atoms. The van der Waals surface area contributed by atoms with Crippen molar-refractivity contribution in [2.75, 3.05) is 20.8 Å². The number of hydrogen-bond donors (Lipinski definition) is 3. The van der Waals surface area contributed by atoms with Crippen molar-refractivity contribution >= 4 is 28.9 Å². The van der Waals surface area contributed by atoms with E-state index in [2.05, 4.69) is 15.6 Å². The van der Waals surface area contributed by atoms with Gasteiger partial charge in [-0.15, -0.1) is 0 Å². The summed E-state index contributed by atoms with van der Waals surface area (Å²) in [6.45, 7) is -0.137. The Hall–Kier alpha value is -4.01. The lowest BCUT2D eigenvalue weighted by molar-refractivity contribution is -0.142. The molecule has 9 nitrogen and oxygen atoms in total. The van der Waals surface area contributed by atoms with E-state index >= 15 is 0 Å². The fourth-order valence-electron chi connectivity index (χ4n) is 2.96. The molecular formula is C22H23N3O6. The summed E-state index contributed by atoms with van der Waals surface area (Å²) in [6.07, 6.45) is -0.802. The minimum Gasteiger partial charge on any atom is -0.496 e. The lowest BCUT2D eigenvalue weighted by atomic mass is 10.2. The Morgan fingerprint density at radius 1 is 1.03 bits per heavy atom. The summed E-state index contributed by atoms with van der Waals surface area (Å²) in [4.78, 5) is 39.6. The van der Waals surface area contributed by atoms with E-state index in [9.17, 15) is 14.4 Å². The van der Waals surface area contributed by atoms with Gasteiger partial charge in [-0.1, -0.05) is 36.4 Å². The molecule has 1 atom stereocenters. The highest BCUT2D eigenvalue weighted by molar-refractivity contribution is 6.00. The third-order valence-corrected chi connectivity index (χ3v) is 4.55. The molecule has 0 aliphatic rings. The predicted molar refractivity (Wildman–Crippen MR) is 113 cm³/mol. The summed E-state index contributed by atoms with van der Waals surface area (Å²) in [5, 5.41) is 5.77. The zero-order valence-corrected chi connectivity index (χ0v) is 17.1. The van der Waals surface area contributed by atoms with Crippen LogP contribution >= 0.6 is 0 Å². The topological polar surface area (TPSA) is 119 Å². The van der Waals surface area contributed by atoms with Crippen LogP contribution in [0.15, 0.2) is 54.6 Å². The molecule has 0 aliphatic carbocycles. The van der Waals surface area contributed by atoms with Gasteiger partial charge in [0.2, 0.25) is 0 Å². The summed E-state index contributed by atoms with van der Waals surface area (Å²) in [5.41, 5.74) is 1.82. The zero-order valence-electron chi connectivity index (χ0n) is 17.1. The monoisotopic (exact) mass is 425 g/mol. The molecule has 3 N–H and O–H groups in total. The molecule has 31 heavy (non-hydrogen) atoms. The number of benzene rings is 2. The maximum absolute atomic E-state index is 12.5. The van der Waals surface area contributed by atoms with Crippen LogP contribution in [0.1, 0.15) is 16.1 Å². The Balaban J connectivity index is 1.60. The van der Waals surface area contributed by atoms with Gasteiger partial charge in [-0.2, -0.15) is 0 Å². The van der Waals surface area contributed by atoms with Crippen LogP contribution in [0.3, 0.4) is 0 Å². The Bertz CT molecular complexity index is 1060. The van der Waals surface area contributed by atoms with Gasteiger partial charge in [0, 0.05) is 17.4 Å². The molecule has 0 saturated heterocycles. The van der Waals surface area contributed by atoms with Crippen LogP contribution in [-0.4, -0.2) is 49.8 Å². The molecule has 0 aliphatic heterocycles. The van der Waals surface area contributed by atoms with E-state index < -0.39 is 24.0 Å². The lowest BCUT2D eigenvalue weighted by Crippen LogP contribution is -2.49. The molecule has 162 valence electrons. The molecule has 2 amide bonds. The number of fused-ring (bicyclic) bond motifs is 1. The maximum atomic E-state index is 12.5. The SMILES string of the molecule is COC(=O)C(CNC(=O)c1cc2c(OC)cccc2[nH]1)NC(=O)OCc1ccccc1. The highest BCUT2D eigenvalue weighted by atomic mass is 16.6. The number of H-pyrrole nitrogens is 1. The smallest absolute Gasteiger partial charge is 0.408 e. The summed E-state index contributed by atoms with van der Waals surface area (Å²) >= 11 is 0. The first kappa shape index (κ1) is 21.7. The van der Waals surface area contributed by atoms with Gasteiger partial charge in [-0.25, -0.2) is 9.59 Å². The molecule has 1 aromatic heterocycles. The molecule has 0 spiro atoms. The van der Waals surface area contributed by atoms with Gasteiger partial charge in [-0.3, -0.25) is 4.79 Å². The first-order chi connectivity index (χ1) is 15.0. The number of hydrogen-bond acceptors (Lipinski definition) is 6. The summed E-state index contributed by atoms with van der Waals surface area (Å²) in [7, 11) is 2.74. The fourth-order valence-corrected chi connectivity index (χ4v) is 2.96. The second-order valence-electron chi connectivity index (χ2n) is 6.60. The Kier molecular flexibility index (Phi) is 7.10. The summed E-state index contributed by atoms with van der Waals surface area (Å²) in [5.74, 6) is -0.537. The number of alkyl carbamates (subject to hydrolysis) is 1. The van der Waals surface area contributed by atoms with Gasteiger partial charge in [0.15, 0.2) is 0 Å². The molecule has 3 aromatic rings. The third-order valence-electron chi connectivity index (χ3n) is 4.55. The number of esters is 1. The van der Waals surface area contributed by atoms with Gasteiger partial charge in [0.1, 0.15) is 24.1 Å². The molecule has 1 heterocycles. The fraction of sp³-hybridized carbons (Fsp3) is 0.227. The molecule has 0 saturated carbocycles. The van der Waals surface area contributed by atoms with Crippen molar-refractivity contribution in [3.8, 4) is 5.75 Å². The van der Waals surface area contributed by atoms with Crippen LogP contribution < -0.4 is 15.4 Å². The van der Waals surface area contributed by atoms with Gasteiger partial charge in [0.25, 0.3) is 5.91 Å².